The van der Waals surface area contributed by atoms with Gasteiger partial charge in [-0.1, -0.05) is 36.0 Å². The van der Waals surface area contributed by atoms with E-state index >= 15 is 0 Å². The van der Waals surface area contributed by atoms with Gasteiger partial charge in [-0.2, -0.15) is 0 Å². The second-order valence-electron chi connectivity index (χ2n) is 7.33. The Bertz CT molecular complexity index is 1580. The first-order valence-electron chi connectivity index (χ1n) is 10.3. The van der Waals surface area contributed by atoms with Crippen molar-refractivity contribution in [1.82, 2.24) is 9.55 Å². The topological polar surface area (TPSA) is 86.4 Å². The van der Waals surface area contributed by atoms with E-state index in [9.17, 15) is 14.0 Å². The van der Waals surface area contributed by atoms with Crippen LogP contribution in [-0.4, -0.2) is 28.3 Å². The number of carbonyl (C=O) groups excluding carboxylic acids is 1. The molecule has 5 rings (SSSR count). The van der Waals surface area contributed by atoms with E-state index in [0.717, 1.165) is 11.8 Å². The molecule has 0 aliphatic heterocycles. The molecule has 2 heterocycles. The Balaban J connectivity index is 1.56. The standard InChI is InChI=1S/C25H18FN3O4S/c1-32-16-12-10-15(11-13-16)29-24(31)23-22(17-6-2-5-9-20(17)33-23)28-25(29)34-14-21(30)27-19-8-4-3-7-18(19)26/h2-13H,14H2,1H3,(H,27,30). The lowest BCUT2D eigenvalue weighted by molar-refractivity contribution is -0.113. The third kappa shape index (κ3) is 4.01. The van der Waals surface area contributed by atoms with E-state index in [2.05, 4.69) is 10.3 Å². The van der Waals surface area contributed by atoms with Gasteiger partial charge in [-0.25, -0.2) is 9.37 Å². The van der Waals surface area contributed by atoms with Gasteiger partial charge in [-0.15, -0.1) is 0 Å². The molecule has 2 aromatic heterocycles. The Morgan fingerprint density at radius 2 is 1.82 bits per heavy atom. The summed E-state index contributed by atoms with van der Waals surface area (Å²) in [6, 6.07) is 20.1. The number of rotatable bonds is 6. The average Bonchev–Trinajstić information content (AvgIpc) is 3.23. The van der Waals surface area contributed by atoms with Gasteiger partial charge in [0.25, 0.3) is 0 Å². The maximum absolute atomic E-state index is 13.9. The summed E-state index contributed by atoms with van der Waals surface area (Å²) < 4.78 is 26.3. The van der Waals surface area contributed by atoms with Crippen molar-refractivity contribution in [2.75, 3.05) is 18.2 Å². The minimum atomic E-state index is -0.527. The molecule has 0 atom stereocenters. The molecule has 9 heteroatoms. The van der Waals surface area contributed by atoms with Crippen molar-refractivity contribution in [3.8, 4) is 11.4 Å². The molecule has 0 bridgehead atoms. The second-order valence-corrected chi connectivity index (χ2v) is 8.27. The van der Waals surface area contributed by atoms with Crippen LogP contribution in [0.15, 0.2) is 87.2 Å². The number of benzene rings is 3. The van der Waals surface area contributed by atoms with Crippen molar-refractivity contribution in [2.24, 2.45) is 0 Å². The van der Waals surface area contributed by atoms with Crippen LogP contribution in [0.5, 0.6) is 5.75 Å². The van der Waals surface area contributed by atoms with Gasteiger partial charge in [0.05, 0.1) is 24.2 Å². The van der Waals surface area contributed by atoms with Gasteiger partial charge in [0.15, 0.2) is 5.16 Å². The zero-order valence-corrected chi connectivity index (χ0v) is 18.8. The number of amides is 1. The third-order valence-corrected chi connectivity index (χ3v) is 6.11. The summed E-state index contributed by atoms with van der Waals surface area (Å²) in [4.78, 5) is 30.7. The lowest BCUT2D eigenvalue weighted by Crippen LogP contribution is -2.22. The normalized spacial score (nSPS) is 11.1. The van der Waals surface area contributed by atoms with E-state index in [1.165, 1.54) is 16.7 Å². The van der Waals surface area contributed by atoms with Crippen LogP contribution >= 0.6 is 11.8 Å². The van der Waals surface area contributed by atoms with Crippen LogP contribution in [0.3, 0.4) is 0 Å². The highest BCUT2D eigenvalue weighted by molar-refractivity contribution is 7.99. The lowest BCUT2D eigenvalue weighted by atomic mass is 10.2. The Labute approximate surface area is 197 Å². The highest BCUT2D eigenvalue weighted by Crippen LogP contribution is 2.29. The molecule has 0 aliphatic carbocycles. The first kappa shape index (κ1) is 21.7. The predicted molar refractivity (Wildman–Crippen MR) is 129 cm³/mol. The number of hydrogen-bond donors (Lipinski definition) is 1. The van der Waals surface area contributed by atoms with Crippen LogP contribution in [0.25, 0.3) is 27.8 Å². The van der Waals surface area contributed by atoms with E-state index in [0.29, 0.717) is 33.1 Å². The number of ether oxygens (including phenoxy) is 1. The third-order valence-electron chi connectivity index (χ3n) is 5.18. The number of halogens is 1. The zero-order valence-electron chi connectivity index (χ0n) is 17.9. The molecule has 0 fully saturated rings. The summed E-state index contributed by atoms with van der Waals surface area (Å²) in [5.41, 5.74) is 1.31. The van der Waals surface area contributed by atoms with Crippen LogP contribution in [0, 0.1) is 5.82 Å². The molecule has 0 saturated heterocycles. The van der Waals surface area contributed by atoms with E-state index in [1.54, 1.807) is 49.6 Å². The van der Waals surface area contributed by atoms with Gasteiger partial charge in [-0.3, -0.25) is 14.2 Å². The van der Waals surface area contributed by atoms with Crippen molar-refractivity contribution >= 4 is 45.4 Å². The average molecular weight is 476 g/mol. The number of hydrogen-bond acceptors (Lipinski definition) is 6. The second kappa shape index (κ2) is 9.03. The highest BCUT2D eigenvalue weighted by atomic mass is 32.2. The molecule has 170 valence electrons. The number of nitrogens with one attached hydrogen (secondary N) is 1. The first-order valence-corrected chi connectivity index (χ1v) is 11.3. The summed E-state index contributed by atoms with van der Waals surface area (Å²) in [7, 11) is 1.55. The van der Waals surface area contributed by atoms with Crippen LogP contribution in [0.1, 0.15) is 0 Å². The van der Waals surface area contributed by atoms with Gasteiger partial charge in [0.1, 0.15) is 22.7 Å². The molecule has 7 nitrogen and oxygen atoms in total. The van der Waals surface area contributed by atoms with E-state index < -0.39 is 17.3 Å². The number of para-hydroxylation sites is 2. The largest absolute Gasteiger partial charge is 0.497 e. The molecule has 0 unspecified atom stereocenters. The maximum atomic E-state index is 13.9. The van der Waals surface area contributed by atoms with Crippen LogP contribution in [0.4, 0.5) is 10.1 Å². The fraction of sp³-hybridized carbons (Fsp3) is 0.0800. The van der Waals surface area contributed by atoms with Crippen molar-refractivity contribution in [1.29, 1.82) is 0 Å². The molecule has 1 amide bonds. The molecule has 0 saturated carbocycles. The van der Waals surface area contributed by atoms with E-state index in [4.69, 9.17) is 9.15 Å². The van der Waals surface area contributed by atoms with Crippen LogP contribution < -0.4 is 15.6 Å². The molecule has 0 aliphatic rings. The van der Waals surface area contributed by atoms with Crippen molar-refractivity contribution < 1.29 is 18.3 Å². The molecule has 34 heavy (non-hydrogen) atoms. The molecule has 0 spiro atoms. The minimum Gasteiger partial charge on any atom is -0.497 e. The number of thioether (sulfide) groups is 1. The SMILES string of the molecule is COc1ccc(-n2c(SCC(=O)Nc3ccccc3F)nc3c(oc4ccccc43)c2=O)cc1. The van der Waals surface area contributed by atoms with Gasteiger partial charge < -0.3 is 14.5 Å². The Kier molecular flexibility index (Phi) is 5.77. The summed E-state index contributed by atoms with van der Waals surface area (Å²) in [5.74, 6) is -0.408. The fourth-order valence-electron chi connectivity index (χ4n) is 3.56. The van der Waals surface area contributed by atoms with Gasteiger partial charge in [-0.05, 0) is 48.5 Å². The first-order chi connectivity index (χ1) is 16.5. The van der Waals surface area contributed by atoms with Crippen LogP contribution in [0.2, 0.25) is 0 Å². The lowest BCUT2D eigenvalue weighted by Gasteiger charge is -2.12. The summed E-state index contributed by atoms with van der Waals surface area (Å²) in [6.07, 6.45) is 0. The summed E-state index contributed by atoms with van der Waals surface area (Å²) in [5, 5.41) is 3.55. The number of nitrogens with zero attached hydrogens (tertiary/aromatic N) is 2. The number of carbonyl (C=O) groups is 1. The molecule has 5 aromatic rings. The number of methoxy groups -OCH3 is 1. The van der Waals surface area contributed by atoms with E-state index in [1.807, 2.05) is 18.2 Å². The summed E-state index contributed by atoms with van der Waals surface area (Å²) >= 11 is 1.07. The van der Waals surface area contributed by atoms with Gasteiger partial charge >= 0.3 is 5.56 Å². The maximum Gasteiger partial charge on any atom is 0.302 e. The molecular weight excluding hydrogens is 457 g/mol. The molecule has 0 radical (unpaired) electrons. The number of fused-ring (bicyclic) bond motifs is 3. The number of anilines is 1. The molecular formula is C25H18FN3O4S. The minimum absolute atomic E-state index is 0.0851. The van der Waals surface area contributed by atoms with Crippen molar-refractivity contribution in [3.63, 3.8) is 0 Å². The van der Waals surface area contributed by atoms with Crippen molar-refractivity contribution in [2.45, 2.75) is 5.16 Å². The van der Waals surface area contributed by atoms with Gasteiger partial charge in [0, 0.05) is 5.39 Å². The molecule has 3 aromatic carbocycles. The van der Waals surface area contributed by atoms with Crippen LogP contribution in [-0.2, 0) is 4.79 Å². The highest BCUT2D eigenvalue weighted by Gasteiger charge is 2.20. The summed E-state index contributed by atoms with van der Waals surface area (Å²) in [6.45, 7) is 0. The molecule has 1 N–H and O–H groups in total. The Morgan fingerprint density at radius 3 is 2.59 bits per heavy atom. The fourth-order valence-corrected chi connectivity index (χ4v) is 4.36. The zero-order chi connectivity index (χ0) is 23.7. The Morgan fingerprint density at radius 1 is 1.09 bits per heavy atom. The monoisotopic (exact) mass is 475 g/mol. The predicted octanol–water partition coefficient (Wildman–Crippen LogP) is 5.01. The number of furan rings is 1. The Hall–Kier alpha value is -4.11. The van der Waals surface area contributed by atoms with Crippen molar-refractivity contribution in [3.05, 3.63) is 89.0 Å². The smallest absolute Gasteiger partial charge is 0.302 e. The number of aromatic nitrogens is 2. The van der Waals surface area contributed by atoms with Gasteiger partial charge in [0.2, 0.25) is 11.5 Å². The quantitative estimate of drug-likeness (QED) is 0.274. The van der Waals surface area contributed by atoms with E-state index in [-0.39, 0.29) is 17.0 Å².